The lowest BCUT2D eigenvalue weighted by Crippen LogP contribution is -2.03. The maximum absolute atomic E-state index is 11.8. The van der Waals surface area contributed by atoms with Gasteiger partial charge in [-0.05, 0) is 54.6 Å². The Morgan fingerprint density at radius 2 is 1.72 bits per heavy atom. The highest BCUT2D eigenvalue weighted by Gasteiger charge is 2.18. The average molecular weight is 584 g/mol. The topological polar surface area (TPSA) is 117 Å². The van der Waals surface area contributed by atoms with E-state index in [4.69, 9.17) is 16.0 Å². The Balaban J connectivity index is 1.54. The lowest BCUT2D eigenvalue weighted by molar-refractivity contribution is 0.558. The highest BCUT2D eigenvalue weighted by Crippen LogP contribution is 2.28. The maximum atomic E-state index is 11.8. The van der Waals surface area contributed by atoms with Crippen LogP contribution in [0.5, 0.6) is 0 Å². The zero-order chi connectivity index (χ0) is 25.3. The van der Waals surface area contributed by atoms with E-state index in [9.17, 15) is 8.42 Å². The van der Waals surface area contributed by atoms with Crippen LogP contribution in [-0.4, -0.2) is 44.6 Å². The highest BCUT2D eigenvalue weighted by molar-refractivity contribution is 9.10. The van der Waals surface area contributed by atoms with E-state index in [1.165, 1.54) is 12.3 Å². The zero-order valence-corrected chi connectivity index (χ0v) is 21.7. The van der Waals surface area contributed by atoms with Crippen LogP contribution < -0.4 is 0 Å². The molecule has 0 aliphatic carbocycles. The standard InChI is InChI=1S/C24H16BrClN6O3S/c1-36(33,34)17-10-11-19(27-14-17)23-30-28-21(32(23)20-5-3-2-4-18(20)26)12-13-22-29-31-24(35-22)15-6-8-16(25)9-7-15/h2-14H,1H3/b13-12+. The van der Waals surface area contributed by atoms with Crippen molar-refractivity contribution in [3.05, 3.63) is 88.1 Å². The molecule has 5 rings (SSSR count). The van der Waals surface area contributed by atoms with E-state index in [0.717, 1.165) is 16.3 Å². The van der Waals surface area contributed by atoms with E-state index >= 15 is 0 Å². The smallest absolute Gasteiger partial charge is 0.248 e. The molecule has 0 saturated heterocycles. The van der Waals surface area contributed by atoms with E-state index in [2.05, 4.69) is 41.3 Å². The second-order valence-corrected chi connectivity index (χ2v) is 10.9. The molecule has 180 valence electrons. The summed E-state index contributed by atoms with van der Waals surface area (Å²) in [5.74, 6) is 1.46. The number of hydrogen-bond acceptors (Lipinski definition) is 8. The van der Waals surface area contributed by atoms with Crippen LogP contribution in [0.2, 0.25) is 5.02 Å². The Hall–Kier alpha value is -3.67. The molecule has 3 heterocycles. The molecular weight excluding hydrogens is 568 g/mol. The largest absolute Gasteiger partial charge is 0.417 e. The summed E-state index contributed by atoms with van der Waals surface area (Å²) in [6.45, 7) is 0. The van der Waals surface area contributed by atoms with Gasteiger partial charge in [-0.3, -0.25) is 9.55 Å². The summed E-state index contributed by atoms with van der Waals surface area (Å²) in [7, 11) is -3.39. The molecule has 3 aromatic heterocycles. The zero-order valence-electron chi connectivity index (χ0n) is 18.6. The predicted molar refractivity (Wildman–Crippen MR) is 139 cm³/mol. The third-order valence-corrected chi connectivity index (χ3v) is 7.03. The number of para-hydroxylation sites is 1. The van der Waals surface area contributed by atoms with Crippen LogP contribution in [0.25, 0.3) is 40.8 Å². The summed E-state index contributed by atoms with van der Waals surface area (Å²) in [5.41, 5.74) is 1.83. The first-order chi connectivity index (χ1) is 17.3. The summed E-state index contributed by atoms with van der Waals surface area (Å²) < 4.78 is 32.1. The first-order valence-electron chi connectivity index (χ1n) is 10.4. The molecule has 0 saturated carbocycles. The normalized spacial score (nSPS) is 11.9. The minimum absolute atomic E-state index is 0.105. The van der Waals surface area contributed by atoms with Gasteiger partial charge in [0.05, 0.1) is 15.6 Å². The fourth-order valence-electron chi connectivity index (χ4n) is 3.33. The van der Waals surface area contributed by atoms with Crippen molar-refractivity contribution in [2.75, 3.05) is 6.26 Å². The molecule has 0 atom stereocenters. The average Bonchev–Trinajstić information content (AvgIpc) is 3.50. The summed E-state index contributed by atoms with van der Waals surface area (Å²) in [6, 6.07) is 17.8. The van der Waals surface area contributed by atoms with Crippen molar-refractivity contribution in [3.8, 4) is 28.7 Å². The van der Waals surface area contributed by atoms with Crippen molar-refractivity contribution >= 4 is 49.5 Å². The molecule has 36 heavy (non-hydrogen) atoms. The van der Waals surface area contributed by atoms with Crippen LogP contribution in [0.1, 0.15) is 11.7 Å². The number of hydrogen-bond donors (Lipinski definition) is 0. The summed E-state index contributed by atoms with van der Waals surface area (Å²) in [5, 5.41) is 17.2. The Kier molecular flexibility index (Phi) is 6.52. The Morgan fingerprint density at radius 3 is 2.42 bits per heavy atom. The van der Waals surface area contributed by atoms with Crippen LogP contribution in [0.3, 0.4) is 0 Å². The number of sulfone groups is 1. The predicted octanol–water partition coefficient (Wildman–Crippen LogP) is 5.37. The molecule has 0 aliphatic heterocycles. The molecule has 0 amide bonds. The van der Waals surface area contributed by atoms with Crippen molar-refractivity contribution in [1.29, 1.82) is 0 Å². The number of halogens is 2. The van der Waals surface area contributed by atoms with Crippen LogP contribution in [0.15, 0.2) is 80.6 Å². The van der Waals surface area contributed by atoms with Gasteiger partial charge in [-0.2, -0.15) is 0 Å². The van der Waals surface area contributed by atoms with Crippen LogP contribution in [0, 0.1) is 0 Å². The molecule has 2 aromatic carbocycles. The molecule has 0 fully saturated rings. The third-order valence-electron chi connectivity index (χ3n) is 5.08. The SMILES string of the molecule is CS(=O)(=O)c1ccc(-c2nnc(/C=C/c3nnc(-c4ccc(Br)cc4)o3)n2-c2ccccc2Cl)nc1. The van der Waals surface area contributed by atoms with Crippen molar-refractivity contribution in [2.24, 2.45) is 0 Å². The minimum Gasteiger partial charge on any atom is -0.417 e. The molecule has 12 heteroatoms. The second-order valence-electron chi connectivity index (χ2n) is 7.61. The molecule has 9 nitrogen and oxygen atoms in total. The van der Waals surface area contributed by atoms with E-state index < -0.39 is 9.84 Å². The highest BCUT2D eigenvalue weighted by atomic mass is 79.9. The van der Waals surface area contributed by atoms with Gasteiger partial charge >= 0.3 is 0 Å². The maximum Gasteiger partial charge on any atom is 0.248 e. The van der Waals surface area contributed by atoms with Gasteiger partial charge in [0, 0.05) is 28.6 Å². The van der Waals surface area contributed by atoms with Gasteiger partial charge in [0.25, 0.3) is 0 Å². The van der Waals surface area contributed by atoms with Gasteiger partial charge in [-0.1, -0.05) is 39.7 Å². The van der Waals surface area contributed by atoms with E-state index in [-0.39, 0.29) is 10.8 Å². The fourth-order valence-corrected chi connectivity index (χ4v) is 4.37. The molecule has 0 aliphatic rings. The van der Waals surface area contributed by atoms with Gasteiger partial charge < -0.3 is 4.42 Å². The van der Waals surface area contributed by atoms with Gasteiger partial charge in [0.15, 0.2) is 21.5 Å². The monoisotopic (exact) mass is 582 g/mol. The number of benzene rings is 2. The number of aromatic nitrogens is 6. The van der Waals surface area contributed by atoms with E-state index in [1.807, 2.05) is 42.5 Å². The van der Waals surface area contributed by atoms with Crippen LogP contribution in [-0.2, 0) is 9.84 Å². The van der Waals surface area contributed by atoms with Crippen molar-refractivity contribution in [2.45, 2.75) is 4.90 Å². The lowest BCUT2D eigenvalue weighted by atomic mass is 10.2. The van der Waals surface area contributed by atoms with Gasteiger partial charge in [0.1, 0.15) is 5.69 Å². The van der Waals surface area contributed by atoms with Crippen molar-refractivity contribution < 1.29 is 12.8 Å². The fraction of sp³-hybridized carbons (Fsp3) is 0.0417. The first kappa shape index (κ1) is 24.0. The number of pyridine rings is 1. The summed E-state index contributed by atoms with van der Waals surface area (Å²) in [6.07, 6.45) is 5.70. The Labute approximate surface area is 219 Å². The van der Waals surface area contributed by atoms with Crippen molar-refractivity contribution in [3.63, 3.8) is 0 Å². The lowest BCUT2D eigenvalue weighted by Gasteiger charge is -2.10. The van der Waals surface area contributed by atoms with Gasteiger partial charge in [-0.25, -0.2) is 8.42 Å². The van der Waals surface area contributed by atoms with E-state index in [0.29, 0.717) is 33.9 Å². The molecule has 5 aromatic rings. The van der Waals surface area contributed by atoms with Gasteiger partial charge in [-0.15, -0.1) is 20.4 Å². The summed E-state index contributed by atoms with van der Waals surface area (Å²) >= 11 is 9.89. The molecule has 0 radical (unpaired) electrons. The third kappa shape index (κ3) is 4.99. The molecule has 0 spiro atoms. The molecule has 0 bridgehead atoms. The second kappa shape index (κ2) is 9.76. The molecule has 0 unspecified atom stereocenters. The first-order valence-corrected chi connectivity index (χ1v) is 13.5. The van der Waals surface area contributed by atoms with E-state index in [1.54, 1.807) is 28.9 Å². The number of rotatable bonds is 6. The Morgan fingerprint density at radius 1 is 0.944 bits per heavy atom. The molecular formula is C24H16BrClN6O3S. The summed E-state index contributed by atoms with van der Waals surface area (Å²) in [4.78, 5) is 4.40. The van der Waals surface area contributed by atoms with Gasteiger partial charge in [0.2, 0.25) is 11.8 Å². The Bertz CT molecular complexity index is 1680. The quantitative estimate of drug-likeness (QED) is 0.262. The number of nitrogens with zero attached hydrogens (tertiary/aromatic N) is 6. The van der Waals surface area contributed by atoms with Crippen molar-refractivity contribution in [1.82, 2.24) is 29.9 Å². The van der Waals surface area contributed by atoms with Crippen LogP contribution >= 0.6 is 27.5 Å². The molecule has 0 N–H and O–H groups in total. The van der Waals surface area contributed by atoms with Crippen LogP contribution in [0.4, 0.5) is 0 Å². The minimum atomic E-state index is -3.39.